The molecule has 0 aliphatic carbocycles. The summed E-state index contributed by atoms with van der Waals surface area (Å²) in [5.41, 5.74) is 1.69. The van der Waals surface area contributed by atoms with Crippen molar-refractivity contribution in [2.75, 3.05) is 6.54 Å². The maximum atomic E-state index is 13.8. The predicted octanol–water partition coefficient (Wildman–Crippen LogP) is 5.06. The second kappa shape index (κ2) is 7.93. The highest BCUT2D eigenvalue weighted by Crippen LogP contribution is 2.29. The zero-order chi connectivity index (χ0) is 16.8. The monoisotopic (exact) mass is 323 g/mol. The Labute approximate surface area is 142 Å². The molecule has 0 spiro atoms. The van der Waals surface area contributed by atoms with E-state index >= 15 is 0 Å². The average molecular weight is 323 g/mol. The quantitative estimate of drug-likeness (QED) is 0.614. The van der Waals surface area contributed by atoms with Crippen LogP contribution in [0.4, 0.5) is 4.39 Å². The summed E-state index contributed by atoms with van der Waals surface area (Å²) in [4.78, 5) is 0. The minimum absolute atomic E-state index is 0.228. The van der Waals surface area contributed by atoms with Crippen LogP contribution in [0.5, 0.6) is 5.75 Å². The lowest BCUT2D eigenvalue weighted by molar-refractivity contribution is 0.296. The third-order valence-corrected chi connectivity index (χ3v) is 4.07. The highest BCUT2D eigenvalue weighted by Gasteiger charge is 2.10. The Kier molecular flexibility index (Phi) is 5.44. The first-order valence-corrected chi connectivity index (χ1v) is 8.37. The van der Waals surface area contributed by atoms with Gasteiger partial charge >= 0.3 is 0 Å². The van der Waals surface area contributed by atoms with E-state index in [2.05, 4.69) is 30.4 Å². The van der Waals surface area contributed by atoms with Crippen molar-refractivity contribution in [2.24, 2.45) is 0 Å². The van der Waals surface area contributed by atoms with E-state index in [1.807, 2.05) is 24.3 Å². The molecule has 0 fully saturated rings. The van der Waals surface area contributed by atoms with Crippen LogP contribution in [0.2, 0.25) is 0 Å². The van der Waals surface area contributed by atoms with Crippen molar-refractivity contribution >= 4 is 10.8 Å². The van der Waals surface area contributed by atoms with Gasteiger partial charge in [-0.25, -0.2) is 4.39 Å². The number of benzene rings is 3. The van der Waals surface area contributed by atoms with Crippen LogP contribution in [0.15, 0.2) is 60.7 Å². The Morgan fingerprint density at radius 3 is 2.58 bits per heavy atom. The Hall–Kier alpha value is -2.39. The van der Waals surface area contributed by atoms with Crippen molar-refractivity contribution < 1.29 is 9.13 Å². The molecule has 3 aromatic rings. The smallest absolute Gasteiger partial charge is 0.129 e. The molecule has 2 nitrogen and oxygen atoms in total. The molecule has 0 bridgehead atoms. The van der Waals surface area contributed by atoms with Crippen LogP contribution in [-0.2, 0) is 13.2 Å². The van der Waals surface area contributed by atoms with Crippen molar-refractivity contribution in [1.29, 1.82) is 0 Å². The summed E-state index contributed by atoms with van der Waals surface area (Å²) in [6.45, 7) is 4.06. The largest absolute Gasteiger partial charge is 0.488 e. The fourth-order valence-electron chi connectivity index (χ4n) is 2.79. The zero-order valence-electron chi connectivity index (χ0n) is 13.9. The number of nitrogens with one attached hydrogen (secondary N) is 1. The van der Waals surface area contributed by atoms with Gasteiger partial charge in [-0.05, 0) is 35.9 Å². The Bertz CT molecular complexity index is 816. The molecule has 0 radical (unpaired) electrons. The third-order valence-electron chi connectivity index (χ3n) is 4.07. The number of hydrogen-bond donors (Lipinski definition) is 1. The molecule has 3 rings (SSSR count). The highest BCUT2D eigenvalue weighted by molar-refractivity contribution is 5.87. The van der Waals surface area contributed by atoms with Gasteiger partial charge in [0.05, 0.1) is 0 Å². The standard InChI is InChI=1S/C21H22FNO/c1-2-13-23-14-19-18-9-5-3-7-16(18)11-12-21(19)24-15-17-8-4-6-10-20(17)22/h3-12,23H,2,13-15H2,1H3. The van der Waals surface area contributed by atoms with Crippen LogP contribution in [0.3, 0.4) is 0 Å². The summed E-state index contributed by atoms with van der Waals surface area (Å²) in [6, 6.07) is 19.0. The van der Waals surface area contributed by atoms with E-state index in [9.17, 15) is 4.39 Å². The molecule has 0 unspecified atom stereocenters. The first-order valence-electron chi connectivity index (χ1n) is 8.37. The molecule has 124 valence electrons. The van der Waals surface area contributed by atoms with Gasteiger partial charge in [0.1, 0.15) is 18.2 Å². The molecule has 0 saturated carbocycles. The van der Waals surface area contributed by atoms with Gasteiger partial charge in [0.2, 0.25) is 0 Å². The SMILES string of the molecule is CCCNCc1c(OCc2ccccc2F)ccc2ccccc12. The highest BCUT2D eigenvalue weighted by atomic mass is 19.1. The van der Waals surface area contributed by atoms with E-state index in [4.69, 9.17) is 4.74 Å². The predicted molar refractivity (Wildman–Crippen MR) is 96.7 cm³/mol. The Balaban J connectivity index is 1.88. The summed E-state index contributed by atoms with van der Waals surface area (Å²) in [5, 5.41) is 5.80. The average Bonchev–Trinajstić information content (AvgIpc) is 2.62. The van der Waals surface area contributed by atoms with Gasteiger partial charge < -0.3 is 10.1 Å². The Morgan fingerprint density at radius 2 is 1.75 bits per heavy atom. The van der Waals surface area contributed by atoms with Crippen LogP contribution < -0.4 is 10.1 Å². The summed E-state index contributed by atoms with van der Waals surface area (Å²) in [5.74, 6) is 0.574. The molecular formula is C21H22FNO. The first-order chi connectivity index (χ1) is 11.8. The minimum Gasteiger partial charge on any atom is -0.488 e. The number of rotatable bonds is 7. The van der Waals surface area contributed by atoms with Gasteiger partial charge in [-0.15, -0.1) is 0 Å². The summed E-state index contributed by atoms with van der Waals surface area (Å²) < 4.78 is 19.8. The maximum Gasteiger partial charge on any atom is 0.129 e. The van der Waals surface area contributed by atoms with E-state index in [1.54, 1.807) is 12.1 Å². The Morgan fingerprint density at radius 1 is 0.958 bits per heavy atom. The van der Waals surface area contributed by atoms with Crippen molar-refractivity contribution in [1.82, 2.24) is 5.32 Å². The van der Waals surface area contributed by atoms with E-state index in [-0.39, 0.29) is 12.4 Å². The molecule has 3 aromatic carbocycles. The fourth-order valence-corrected chi connectivity index (χ4v) is 2.79. The summed E-state index contributed by atoms with van der Waals surface area (Å²) in [7, 11) is 0. The summed E-state index contributed by atoms with van der Waals surface area (Å²) >= 11 is 0. The zero-order valence-corrected chi connectivity index (χ0v) is 13.9. The fraction of sp³-hybridized carbons (Fsp3) is 0.238. The molecule has 0 atom stereocenters. The number of hydrogen-bond acceptors (Lipinski definition) is 2. The van der Waals surface area contributed by atoms with Gasteiger partial charge in [-0.2, -0.15) is 0 Å². The number of halogens is 1. The molecule has 24 heavy (non-hydrogen) atoms. The van der Waals surface area contributed by atoms with Gasteiger partial charge in [0, 0.05) is 17.7 Å². The van der Waals surface area contributed by atoms with Crippen LogP contribution in [0.1, 0.15) is 24.5 Å². The molecule has 0 heterocycles. The van der Waals surface area contributed by atoms with E-state index in [1.165, 1.54) is 16.8 Å². The molecule has 0 aromatic heterocycles. The second-order valence-electron chi connectivity index (χ2n) is 5.82. The maximum absolute atomic E-state index is 13.8. The van der Waals surface area contributed by atoms with Gasteiger partial charge in [-0.1, -0.05) is 55.5 Å². The van der Waals surface area contributed by atoms with Gasteiger partial charge in [0.25, 0.3) is 0 Å². The van der Waals surface area contributed by atoms with Crippen molar-refractivity contribution in [2.45, 2.75) is 26.5 Å². The van der Waals surface area contributed by atoms with E-state index in [0.29, 0.717) is 5.56 Å². The van der Waals surface area contributed by atoms with Crippen molar-refractivity contribution in [3.05, 3.63) is 77.6 Å². The lowest BCUT2D eigenvalue weighted by Crippen LogP contribution is -2.15. The first kappa shape index (κ1) is 16.5. The van der Waals surface area contributed by atoms with Gasteiger partial charge in [0.15, 0.2) is 0 Å². The molecule has 0 aliphatic rings. The third kappa shape index (κ3) is 3.74. The minimum atomic E-state index is -0.232. The molecule has 1 N–H and O–H groups in total. The molecular weight excluding hydrogens is 301 g/mol. The van der Waals surface area contributed by atoms with Crippen LogP contribution in [-0.4, -0.2) is 6.54 Å². The number of fused-ring (bicyclic) bond motifs is 1. The lowest BCUT2D eigenvalue weighted by Gasteiger charge is -2.15. The molecule has 0 aliphatic heterocycles. The van der Waals surface area contributed by atoms with Crippen LogP contribution >= 0.6 is 0 Å². The number of ether oxygens (including phenoxy) is 1. The topological polar surface area (TPSA) is 21.3 Å². The van der Waals surface area contributed by atoms with Crippen LogP contribution in [0, 0.1) is 5.82 Å². The second-order valence-corrected chi connectivity index (χ2v) is 5.82. The van der Waals surface area contributed by atoms with E-state index < -0.39 is 0 Å². The van der Waals surface area contributed by atoms with Crippen molar-refractivity contribution in [3.63, 3.8) is 0 Å². The van der Waals surface area contributed by atoms with Gasteiger partial charge in [-0.3, -0.25) is 0 Å². The molecule has 0 amide bonds. The van der Waals surface area contributed by atoms with Crippen molar-refractivity contribution in [3.8, 4) is 5.75 Å². The molecule has 3 heteroatoms. The van der Waals surface area contributed by atoms with E-state index in [0.717, 1.165) is 30.8 Å². The normalized spacial score (nSPS) is 10.9. The summed E-state index contributed by atoms with van der Waals surface area (Å²) in [6.07, 6.45) is 1.08. The molecule has 0 saturated heterocycles. The lowest BCUT2D eigenvalue weighted by atomic mass is 10.0. The van der Waals surface area contributed by atoms with Crippen LogP contribution in [0.25, 0.3) is 10.8 Å².